The number of unbranched alkanes of at least 4 members (excludes halogenated alkanes) is 22. The lowest BCUT2D eigenvalue weighted by Crippen LogP contribution is -2.27. The van der Waals surface area contributed by atoms with Gasteiger partial charge in [-0.3, -0.25) is 4.79 Å². The van der Waals surface area contributed by atoms with Crippen LogP contribution in [0.2, 0.25) is 0 Å². The molecule has 0 heterocycles. The summed E-state index contributed by atoms with van der Waals surface area (Å²) in [7, 11) is 2.23. The summed E-state index contributed by atoms with van der Waals surface area (Å²) in [6, 6.07) is 0.703. The Balaban J connectivity index is 0. The standard InChI is InChI=1S/C18H36O2.C15H33N/c1-2-3-4-5-6-7-8-9-10-11-12-13-14-15-16-17-18(19)20;1-5-6-7-8-9-10-11-12-13-14-16(4)15(2)3/h2-17H2,1H3,(H,19,20);15H,5-14H2,1-4H3. The first kappa shape index (κ1) is 37.6. The first-order valence-electron chi connectivity index (χ1n) is 16.4. The molecule has 0 aliphatic heterocycles. The van der Waals surface area contributed by atoms with Crippen molar-refractivity contribution in [2.45, 2.75) is 194 Å². The number of nitrogens with zero attached hydrogens (tertiary/aromatic N) is 1. The van der Waals surface area contributed by atoms with E-state index in [4.69, 9.17) is 5.11 Å². The average molecular weight is 512 g/mol. The minimum atomic E-state index is -0.653. The van der Waals surface area contributed by atoms with Gasteiger partial charge in [-0.15, -0.1) is 0 Å². The predicted octanol–water partition coefficient (Wildman–Crippen LogP) is 11.2. The molecule has 0 radical (unpaired) electrons. The zero-order chi connectivity index (χ0) is 27.1. The Morgan fingerprint density at radius 1 is 0.528 bits per heavy atom. The Morgan fingerprint density at radius 3 is 1.08 bits per heavy atom. The maximum absolute atomic E-state index is 10.3. The molecular weight excluding hydrogens is 442 g/mol. The van der Waals surface area contributed by atoms with Crippen LogP contribution in [0.4, 0.5) is 0 Å². The van der Waals surface area contributed by atoms with Crippen LogP contribution in [0.15, 0.2) is 0 Å². The van der Waals surface area contributed by atoms with Gasteiger partial charge in [0.25, 0.3) is 0 Å². The molecule has 0 aliphatic rings. The summed E-state index contributed by atoms with van der Waals surface area (Å²) in [6.45, 7) is 10.4. The van der Waals surface area contributed by atoms with Gasteiger partial charge in [-0.2, -0.15) is 0 Å². The van der Waals surface area contributed by atoms with E-state index in [9.17, 15) is 4.79 Å². The maximum Gasteiger partial charge on any atom is 0.303 e. The molecule has 1 N–H and O–H groups in total. The van der Waals surface area contributed by atoms with E-state index in [0.29, 0.717) is 12.5 Å². The molecule has 0 saturated carbocycles. The third-order valence-electron chi connectivity index (χ3n) is 7.49. The fourth-order valence-electron chi connectivity index (χ4n) is 4.58. The summed E-state index contributed by atoms with van der Waals surface area (Å²) >= 11 is 0. The van der Waals surface area contributed by atoms with Gasteiger partial charge in [-0.25, -0.2) is 0 Å². The minimum Gasteiger partial charge on any atom is -0.481 e. The van der Waals surface area contributed by atoms with E-state index in [2.05, 4.69) is 39.6 Å². The van der Waals surface area contributed by atoms with Gasteiger partial charge in [-0.05, 0) is 40.3 Å². The smallest absolute Gasteiger partial charge is 0.303 e. The van der Waals surface area contributed by atoms with Crippen LogP contribution in [-0.4, -0.2) is 35.6 Å². The second-order valence-corrected chi connectivity index (χ2v) is 11.5. The van der Waals surface area contributed by atoms with Gasteiger partial charge in [-0.1, -0.05) is 155 Å². The molecule has 0 aliphatic carbocycles. The van der Waals surface area contributed by atoms with E-state index in [0.717, 1.165) is 12.8 Å². The van der Waals surface area contributed by atoms with Crippen molar-refractivity contribution in [2.75, 3.05) is 13.6 Å². The first-order valence-corrected chi connectivity index (χ1v) is 16.4. The third kappa shape index (κ3) is 35.6. The minimum absolute atomic E-state index is 0.345. The lowest BCUT2D eigenvalue weighted by Gasteiger charge is -2.20. The lowest BCUT2D eigenvalue weighted by atomic mass is 10.0. The van der Waals surface area contributed by atoms with Crippen molar-refractivity contribution < 1.29 is 9.90 Å². The quantitative estimate of drug-likeness (QED) is 0.111. The van der Waals surface area contributed by atoms with Crippen molar-refractivity contribution in [1.82, 2.24) is 4.90 Å². The van der Waals surface area contributed by atoms with Gasteiger partial charge in [0.2, 0.25) is 0 Å². The summed E-state index contributed by atoms with van der Waals surface area (Å²) in [5.41, 5.74) is 0. The first-order chi connectivity index (χ1) is 17.5. The van der Waals surface area contributed by atoms with E-state index >= 15 is 0 Å². The highest BCUT2D eigenvalue weighted by atomic mass is 16.4. The second-order valence-electron chi connectivity index (χ2n) is 11.5. The Bertz CT molecular complexity index is 410. The summed E-state index contributed by atoms with van der Waals surface area (Å²) in [6.07, 6.45) is 33.1. The van der Waals surface area contributed by atoms with Crippen LogP contribution in [0.1, 0.15) is 188 Å². The molecule has 0 rings (SSSR count). The Morgan fingerprint density at radius 2 is 0.806 bits per heavy atom. The van der Waals surface area contributed by atoms with Crippen molar-refractivity contribution in [1.29, 1.82) is 0 Å². The van der Waals surface area contributed by atoms with Crippen molar-refractivity contribution in [3.63, 3.8) is 0 Å². The van der Waals surface area contributed by atoms with E-state index in [1.165, 1.54) is 148 Å². The summed E-state index contributed by atoms with van der Waals surface area (Å²) < 4.78 is 0. The molecule has 36 heavy (non-hydrogen) atoms. The Labute approximate surface area is 228 Å². The highest BCUT2D eigenvalue weighted by Crippen LogP contribution is 2.14. The van der Waals surface area contributed by atoms with E-state index in [1.807, 2.05) is 0 Å². The van der Waals surface area contributed by atoms with Gasteiger partial charge in [0.1, 0.15) is 0 Å². The van der Waals surface area contributed by atoms with Crippen LogP contribution in [0, 0.1) is 0 Å². The largest absolute Gasteiger partial charge is 0.481 e. The number of rotatable bonds is 27. The van der Waals surface area contributed by atoms with Gasteiger partial charge in [0.05, 0.1) is 0 Å². The molecule has 0 aromatic carbocycles. The molecule has 0 aromatic heterocycles. The normalized spacial score (nSPS) is 11.2. The fourth-order valence-corrected chi connectivity index (χ4v) is 4.58. The summed E-state index contributed by atoms with van der Waals surface area (Å²) in [4.78, 5) is 12.8. The second kappa shape index (κ2) is 32.5. The number of aliphatic carboxylic acids is 1. The van der Waals surface area contributed by atoms with Gasteiger partial charge in [0, 0.05) is 12.5 Å². The summed E-state index contributed by atoms with van der Waals surface area (Å²) in [5, 5.41) is 8.52. The van der Waals surface area contributed by atoms with Crippen LogP contribution in [-0.2, 0) is 4.79 Å². The number of carbonyl (C=O) groups is 1. The molecule has 0 saturated heterocycles. The number of hydrogen-bond acceptors (Lipinski definition) is 2. The molecule has 0 amide bonds. The lowest BCUT2D eigenvalue weighted by molar-refractivity contribution is -0.137. The van der Waals surface area contributed by atoms with Crippen LogP contribution in [0.5, 0.6) is 0 Å². The number of hydrogen-bond donors (Lipinski definition) is 1. The molecule has 3 nitrogen and oxygen atoms in total. The zero-order valence-electron chi connectivity index (χ0n) is 25.8. The Kier molecular flexibility index (Phi) is 33.9. The molecule has 0 spiro atoms. The van der Waals surface area contributed by atoms with Crippen LogP contribution < -0.4 is 0 Å². The third-order valence-corrected chi connectivity index (χ3v) is 7.49. The predicted molar refractivity (Wildman–Crippen MR) is 162 cm³/mol. The molecule has 0 aromatic rings. The molecule has 0 unspecified atom stereocenters. The summed E-state index contributed by atoms with van der Waals surface area (Å²) in [5.74, 6) is -0.653. The Hall–Kier alpha value is -0.570. The monoisotopic (exact) mass is 512 g/mol. The highest BCUT2D eigenvalue weighted by Gasteiger charge is 2.01. The molecular formula is C33H69NO2. The maximum atomic E-state index is 10.3. The van der Waals surface area contributed by atoms with Gasteiger partial charge >= 0.3 is 5.97 Å². The van der Waals surface area contributed by atoms with Crippen LogP contribution in [0.3, 0.4) is 0 Å². The van der Waals surface area contributed by atoms with Crippen molar-refractivity contribution in [3.8, 4) is 0 Å². The number of carboxylic acid groups (broad SMARTS) is 1. The van der Waals surface area contributed by atoms with Gasteiger partial charge in [0.15, 0.2) is 0 Å². The zero-order valence-corrected chi connectivity index (χ0v) is 25.8. The topological polar surface area (TPSA) is 40.5 Å². The van der Waals surface area contributed by atoms with Crippen LogP contribution in [0.25, 0.3) is 0 Å². The number of carboxylic acids is 1. The van der Waals surface area contributed by atoms with E-state index in [-0.39, 0.29) is 0 Å². The molecule has 0 fully saturated rings. The molecule has 3 heteroatoms. The van der Waals surface area contributed by atoms with Crippen molar-refractivity contribution in [2.24, 2.45) is 0 Å². The van der Waals surface area contributed by atoms with Gasteiger partial charge < -0.3 is 10.0 Å². The molecule has 0 atom stereocenters. The van der Waals surface area contributed by atoms with Crippen LogP contribution >= 0.6 is 0 Å². The fraction of sp³-hybridized carbons (Fsp3) is 0.970. The molecule has 218 valence electrons. The van der Waals surface area contributed by atoms with E-state index < -0.39 is 5.97 Å². The van der Waals surface area contributed by atoms with E-state index in [1.54, 1.807) is 0 Å². The average Bonchev–Trinajstić information content (AvgIpc) is 2.85. The van der Waals surface area contributed by atoms with Crippen molar-refractivity contribution in [3.05, 3.63) is 0 Å². The highest BCUT2D eigenvalue weighted by molar-refractivity contribution is 5.66. The molecule has 0 bridgehead atoms. The SMILES string of the molecule is CCCCCCCCCCCCCCCCCC(=O)O.CCCCCCCCCCCN(C)C(C)C. The van der Waals surface area contributed by atoms with Crippen molar-refractivity contribution >= 4 is 5.97 Å².